The Bertz CT molecular complexity index is 502. The summed E-state index contributed by atoms with van der Waals surface area (Å²) in [4.78, 5) is 9.77. The summed E-state index contributed by atoms with van der Waals surface area (Å²) in [6.45, 7) is 0. The Morgan fingerprint density at radius 1 is 0.882 bits per heavy atom. The molecule has 1 unspecified atom stereocenters. The van der Waals surface area contributed by atoms with Crippen LogP contribution >= 0.6 is 7.60 Å². The molecule has 2 rings (SSSR count). The van der Waals surface area contributed by atoms with E-state index in [0.29, 0.717) is 11.1 Å². The van der Waals surface area contributed by atoms with Gasteiger partial charge in [0.15, 0.2) is 0 Å². The van der Waals surface area contributed by atoms with Crippen LogP contribution in [0.15, 0.2) is 60.7 Å². The first-order valence-corrected chi connectivity index (χ1v) is 6.39. The van der Waals surface area contributed by atoms with E-state index in [0.717, 1.165) is 0 Å². The van der Waals surface area contributed by atoms with Crippen LogP contribution in [0.3, 0.4) is 0 Å². The molecule has 0 aliphatic carbocycles. The van der Waals surface area contributed by atoms with Gasteiger partial charge in [0.1, 0.15) is 5.75 Å². The predicted molar refractivity (Wildman–Crippen MR) is 63.0 cm³/mol. The van der Waals surface area contributed by atoms with Crippen LogP contribution in [0.2, 0.25) is 0 Å². The predicted octanol–water partition coefficient (Wildman–Crippen LogP) is 2.58. The number of hydrogen-bond acceptors (Lipinski definition) is 2. The monoisotopic (exact) mass is 373 g/mol. The van der Waals surface area contributed by atoms with Crippen LogP contribution in [0.4, 0.5) is 0 Å². The summed E-state index contributed by atoms with van der Waals surface area (Å²) in [5, 5.41) is 0.291. The Hall–Kier alpha value is -0.375. The van der Waals surface area contributed by atoms with Crippen LogP contribution in [0.1, 0.15) is 0 Å². The van der Waals surface area contributed by atoms with Crippen LogP contribution in [-0.2, 0) is 4.57 Å². The van der Waals surface area contributed by atoms with Crippen LogP contribution < -0.4 is 9.83 Å². The van der Waals surface area contributed by atoms with Crippen molar-refractivity contribution in [2.24, 2.45) is 0 Å². The van der Waals surface area contributed by atoms with Gasteiger partial charge in [0, 0.05) is 35.6 Å². The summed E-state index contributed by atoms with van der Waals surface area (Å²) in [5.41, 5.74) is 0. The van der Waals surface area contributed by atoms with Gasteiger partial charge in [-0.3, -0.25) is 0 Å². The van der Waals surface area contributed by atoms with Crippen molar-refractivity contribution in [1.29, 1.82) is 0 Å². The van der Waals surface area contributed by atoms with Crippen LogP contribution in [0.25, 0.3) is 0 Å². The van der Waals surface area contributed by atoms with E-state index in [9.17, 15) is 9.46 Å². The van der Waals surface area contributed by atoms with E-state index < -0.39 is 7.60 Å². The van der Waals surface area contributed by atoms with E-state index in [-0.39, 0.29) is 35.6 Å². The van der Waals surface area contributed by atoms with Gasteiger partial charge >= 0.3 is 7.60 Å². The number of para-hydroxylation sites is 1. The molecule has 85 valence electrons. The minimum atomic E-state index is -3.77. The first kappa shape index (κ1) is 14.7. The SMILES string of the molecule is O=P(O)(Oc1ccccc1)c1ccccc1.[La]. The molecule has 2 aromatic rings. The summed E-state index contributed by atoms with van der Waals surface area (Å²) < 4.78 is 17.0. The minimum Gasteiger partial charge on any atom is -0.421 e. The molecule has 0 saturated carbocycles. The molecule has 3 nitrogen and oxygen atoms in total. The van der Waals surface area contributed by atoms with Crippen molar-refractivity contribution >= 4 is 12.9 Å². The van der Waals surface area contributed by atoms with Crippen molar-refractivity contribution in [3.63, 3.8) is 0 Å². The fourth-order valence-corrected chi connectivity index (χ4v) is 2.36. The molecule has 0 amide bonds. The van der Waals surface area contributed by atoms with Gasteiger partial charge in [0.2, 0.25) is 0 Å². The molecule has 0 bridgehead atoms. The third-order valence-electron chi connectivity index (χ3n) is 2.05. The van der Waals surface area contributed by atoms with Crippen LogP contribution in [0.5, 0.6) is 5.75 Å². The molecule has 0 aromatic heterocycles. The van der Waals surface area contributed by atoms with Crippen LogP contribution in [0, 0.1) is 35.6 Å². The van der Waals surface area contributed by atoms with Crippen molar-refractivity contribution in [3.05, 3.63) is 60.7 Å². The first-order chi connectivity index (χ1) is 7.68. The number of rotatable bonds is 3. The summed E-state index contributed by atoms with van der Waals surface area (Å²) in [5.74, 6) is 0.386. The molecule has 0 aliphatic rings. The van der Waals surface area contributed by atoms with E-state index in [1.165, 1.54) is 0 Å². The van der Waals surface area contributed by atoms with Gasteiger partial charge in [-0.05, 0) is 24.3 Å². The fourth-order valence-electron chi connectivity index (χ4n) is 1.29. The smallest absolute Gasteiger partial charge is 0.408 e. The van der Waals surface area contributed by atoms with E-state index in [2.05, 4.69) is 0 Å². The molecule has 0 fully saturated rings. The molecule has 0 saturated heterocycles. The normalized spacial score (nSPS) is 13.2. The second-order valence-corrected chi connectivity index (χ2v) is 5.00. The Kier molecular flexibility index (Phi) is 5.64. The average molecular weight is 373 g/mol. The topological polar surface area (TPSA) is 46.5 Å². The maximum atomic E-state index is 11.9. The zero-order valence-electron chi connectivity index (χ0n) is 9.06. The molecular weight excluding hydrogens is 362 g/mol. The second-order valence-electron chi connectivity index (χ2n) is 3.26. The van der Waals surface area contributed by atoms with Gasteiger partial charge in [-0.15, -0.1) is 0 Å². The van der Waals surface area contributed by atoms with E-state index in [1.807, 2.05) is 6.07 Å². The molecule has 0 aliphatic heterocycles. The van der Waals surface area contributed by atoms with Crippen molar-refractivity contribution in [3.8, 4) is 5.75 Å². The molecule has 0 heterocycles. The summed E-state index contributed by atoms with van der Waals surface area (Å²) >= 11 is 0. The first-order valence-electron chi connectivity index (χ1n) is 4.81. The Morgan fingerprint density at radius 3 is 1.88 bits per heavy atom. The van der Waals surface area contributed by atoms with Crippen molar-refractivity contribution in [2.75, 3.05) is 0 Å². The maximum Gasteiger partial charge on any atom is 0.408 e. The molecule has 0 spiro atoms. The van der Waals surface area contributed by atoms with Crippen LogP contribution in [-0.4, -0.2) is 4.89 Å². The molecule has 5 heteroatoms. The van der Waals surface area contributed by atoms with Gasteiger partial charge in [-0.2, -0.15) is 0 Å². The van der Waals surface area contributed by atoms with Gasteiger partial charge < -0.3 is 9.42 Å². The van der Waals surface area contributed by atoms with Crippen molar-refractivity contribution < 1.29 is 49.6 Å². The summed E-state index contributed by atoms with van der Waals surface area (Å²) in [6.07, 6.45) is 0. The van der Waals surface area contributed by atoms with Crippen molar-refractivity contribution in [2.45, 2.75) is 0 Å². The van der Waals surface area contributed by atoms with Gasteiger partial charge in [0.25, 0.3) is 0 Å². The molecule has 1 atom stereocenters. The molecular formula is C12H11LaO3P. The third-order valence-corrected chi connectivity index (χ3v) is 3.46. The maximum absolute atomic E-state index is 11.9. The number of hydrogen-bond donors (Lipinski definition) is 1. The summed E-state index contributed by atoms with van der Waals surface area (Å²) in [6, 6.07) is 16.9. The van der Waals surface area contributed by atoms with Gasteiger partial charge in [-0.25, -0.2) is 4.57 Å². The molecule has 17 heavy (non-hydrogen) atoms. The summed E-state index contributed by atoms with van der Waals surface area (Å²) in [7, 11) is -3.77. The standard InChI is InChI=1S/C12H11O3P.La/c13-16(14,12-9-5-2-6-10-12)15-11-7-3-1-4-8-11;/h1-10H,(H,13,14);. The van der Waals surface area contributed by atoms with Gasteiger partial charge in [-0.1, -0.05) is 36.4 Å². The van der Waals surface area contributed by atoms with Gasteiger partial charge in [0.05, 0.1) is 5.30 Å². The Balaban J connectivity index is 0.00000144. The minimum absolute atomic E-state index is 0. The van der Waals surface area contributed by atoms with E-state index in [1.54, 1.807) is 54.6 Å². The van der Waals surface area contributed by atoms with E-state index >= 15 is 0 Å². The molecule has 2 aromatic carbocycles. The second kappa shape index (κ2) is 6.53. The molecule has 1 N–H and O–H groups in total. The largest absolute Gasteiger partial charge is 0.421 e. The Labute approximate surface area is 128 Å². The zero-order valence-corrected chi connectivity index (χ0v) is 13.6. The number of benzene rings is 2. The molecule has 1 radical (unpaired) electrons. The quantitative estimate of drug-likeness (QED) is 0.842. The van der Waals surface area contributed by atoms with Crippen molar-refractivity contribution in [1.82, 2.24) is 0 Å². The van der Waals surface area contributed by atoms with E-state index in [4.69, 9.17) is 4.52 Å². The average Bonchev–Trinajstić information content (AvgIpc) is 2.31. The fraction of sp³-hybridized carbons (Fsp3) is 0. The third kappa shape index (κ3) is 4.09. The Morgan fingerprint density at radius 2 is 1.35 bits per heavy atom. The zero-order chi connectivity index (χ0) is 11.4.